The fourth-order valence-electron chi connectivity index (χ4n) is 1.77. The first-order valence-electron chi connectivity index (χ1n) is 7.36. The molecular formula is C16H26N2O3. The van der Waals surface area contributed by atoms with Gasteiger partial charge in [0.05, 0.1) is 6.61 Å². The van der Waals surface area contributed by atoms with Crippen molar-refractivity contribution in [3.63, 3.8) is 0 Å². The van der Waals surface area contributed by atoms with Crippen LogP contribution >= 0.6 is 0 Å². The Kier molecular flexibility index (Phi) is 7.61. The van der Waals surface area contributed by atoms with Gasteiger partial charge in [-0.15, -0.1) is 0 Å². The third kappa shape index (κ3) is 6.49. The van der Waals surface area contributed by atoms with Crippen LogP contribution in [0, 0.1) is 5.92 Å². The summed E-state index contributed by atoms with van der Waals surface area (Å²) in [5.74, 6) is 1.71. The van der Waals surface area contributed by atoms with Crippen molar-refractivity contribution >= 4 is 5.91 Å². The lowest BCUT2D eigenvalue weighted by atomic mass is 10.2. The zero-order chi connectivity index (χ0) is 15.7. The molecule has 1 rings (SSSR count). The molecule has 5 heteroatoms. The van der Waals surface area contributed by atoms with Gasteiger partial charge in [0.1, 0.15) is 0 Å². The molecule has 0 saturated carbocycles. The van der Waals surface area contributed by atoms with Gasteiger partial charge in [0.2, 0.25) is 0 Å². The molecule has 0 aliphatic carbocycles. The van der Waals surface area contributed by atoms with E-state index in [1.54, 1.807) is 7.05 Å². The zero-order valence-corrected chi connectivity index (χ0v) is 13.4. The fourth-order valence-corrected chi connectivity index (χ4v) is 1.77. The minimum Gasteiger partial charge on any atom is -0.490 e. The van der Waals surface area contributed by atoms with Crippen molar-refractivity contribution in [3.8, 4) is 11.5 Å². The summed E-state index contributed by atoms with van der Waals surface area (Å²) in [6.45, 7) is 8.57. The smallest absolute Gasteiger partial charge is 0.257 e. The van der Waals surface area contributed by atoms with E-state index in [-0.39, 0.29) is 12.5 Å². The molecule has 0 aliphatic rings. The second kappa shape index (κ2) is 9.23. The molecule has 0 atom stereocenters. The number of carbonyl (C=O) groups is 1. The average Bonchev–Trinajstić information content (AvgIpc) is 2.46. The van der Waals surface area contributed by atoms with Crippen molar-refractivity contribution in [1.82, 2.24) is 10.6 Å². The molecule has 0 aromatic heterocycles. The van der Waals surface area contributed by atoms with Crippen LogP contribution in [0.4, 0.5) is 0 Å². The molecule has 21 heavy (non-hydrogen) atoms. The van der Waals surface area contributed by atoms with Crippen molar-refractivity contribution in [1.29, 1.82) is 0 Å². The van der Waals surface area contributed by atoms with E-state index >= 15 is 0 Å². The lowest BCUT2D eigenvalue weighted by Gasteiger charge is -2.14. The number of hydrogen-bond donors (Lipinski definition) is 2. The molecule has 0 unspecified atom stereocenters. The van der Waals surface area contributed by atoms with Crippen LogP contribution in [0.1, 0.15) is 26.3 Å². The first-order valence-corrected chi connectivity index (χ1v) is 7.36. The average molecular weight is 294 g/mol. The summed E-state index contributed by atoms with van der Waals surface area (Å²) in [6.07, 6.45) is 0. The predicted molar refractivity (Wildman–Crippen MR) is 83.7 cm³/mol. The summed E-state index contributed by atoms with van der Waals surface area (Å²) in [5, 5.41) is 5.91. The van der Waals surface area contributed by atoms with Crippen LogP contribution < -0.4 is 20.1 Å². The number of nitrogens with one attached hydrogen (secondary N) is 2. The Balaban J connectivity index is 2.69. The first-order chi connectivity index (χ1) is 10.1. The summed E-state index contributed by atoms with van der Waals surface area (Å²) in [4.78, 5) is 11.2. The summed E-state index contributed by atoms with van der Waals surface area (Å²) < 4.78 is 11.1. The Morgan fingerprint density at radius 1 is 1.24 bits per heavy atom. The third-order valence-corrected chi connectivity index (χ3v) is 2.83. The first kappa shape index (κ1) is 17.3. The molecule has 2 N–H and O–H groups in total. The van der Waals surface area contributed by atoms with Crippen LogP contribution in [-0.4, -0.2) is 32.7 Å². The number of ether oxygens (including phenoxy) is 2. The van der Waals surface area contributed by atoms with Gasteiger partial charge in [-0.3, -0.25) is 4.79 Å². The van der Waals surface area contributed by atoms with E-state index in [4.69, 9.17) is 9.47 Å². The van der Waals surface area contributed by atoms with Gasteiger partial charge < -0.3 is 20.1 Å². The lowest BCUT2D eigenvalue weighted by Crippen LogP contribution is -2.25. The molecule has 0 fully saturated rings. The second-order valence-electron chi connectivity index (χ2n) is 5.20. The van der Waals surface area contributed by atoms with Gasteiger partial charge in [0.25, 0.3) is 5.91 Å². The van der Waals surface area contributed by atoms with Crippen molar-refractivity contribution < 1.29 is 14.3 Å². The number of amides is 1. The molecule has 0 bridgehead atoms. The van der Waals surface area contributed by atoms with Gasteiger partial charge in [-0.25, -0.2) is 0 Å². The van der Waals surface area contributed by atoms with Crippen molar-refractivity contribution in [2.24, 2.45) is 5.92 Å². The van der Waals surface area contributed by atoms with Crippen LogP contribution in [0.5, 0.6) is 11.5 Å². The Hall–Kier alpha value is -1.75. The molecule has 0 radical (unpaired) electrons. The van der Waals surface area contributed by atoms with E-state index in [2.05, 4.69) is 24.5 Å². The predicted octanol–water partition coefficient (Wildman–Crippen LogP) is 1.96. The monoisotopic (exact) mass is 294 g/mol. The zero-order valence-electron chi connectivity index (χ0n) is 13.4. The highest BCUT2D eigenvalue weighted by Crippen LogP contribution is 2.28. The van der Waals surface area contributed by atoms with Crippen LogP contribution in [0.25, 0.3) is 0 Å². The fraction of sp³-hybridized carbons (Fsp3) is 0.562. The Morgan fingerprint density at radius 2 is 2.00 bits per heavy atom. The maximum atomic E-state index is 11.2. The van der Waals surface area contributed by atoms with Crippen LogP contribution in [0.15, 0.2) is 18.2 Å². The normalized spacial score (nSPS) is 10.5. The second-order valence-corrected chi connectivity index (χ2v) is 5.20. The molecule has 0 heterocycles. The Morgan fingerprint density at radius 3 is 2.62 bits per heavy atom. The van der Waals surface area contributed by atoms with Crippen molar-refractivity contribution in [2.45, 2.75) is 27.3 Å². The quantitative estimate of drug-likeness (QED) is 0.731. The molecule has 0 spiro atoms. The minimum absolute atomic E-state index is 0.0124. The number of benzene rings is 1. The maximum Gasteiger partial charge on any atom is 0.257 e. The van der Waals surface area contributed by atoms with E-state index in [0.717, 1.165) is 18.7 Å². The molecule has 5 nitrogen and oxygen atoms in total. The van der Waals surface area contributed by atoms with Crippen LogP contribution in [0.2, 0.25) is 0 Å². The molecule has 118 valence electrons. The summed E-state index contributed by atoms with van der Waals surface area (Å²) in [7, 11) is 1.58. The highest BCUT2D eigenvalue weighted by molar-refractivity contribution is 5.77. The topological polar surface area (TPSA) is 59.6 Å². The largest absolute Gasteiger partial charge is 0.490 e. The molecular weight excluding hydrogens is 268 g/mol. The number of carbonyl (C=O) groups excluding carboxylic acids is 1. The van der Waals surface area contributed by atoms with E-state index in [1.807, 2.05) is 25.1 Å². The number of likely N-dealkylation sites (N-methyl/N-ethyl adjacent to an activating group) is 1. The Bertz CT molecular complexity index is 447. The van der Waals surface area contributed by atoms with Gasteiger partial charge in [0, 0.05) is 13.6 Å². The number of hydrogen-bond acceptors (Lipinski definition) is 4. The highest BCUT2D eigenvalue weighted by atomic mass is 16.5. The van der Waals surface area contributed by atoms with E-state index in [1.165, 1.54) is 0 Å². The van der Waals surface area contributed by atoms with Gasteiger partial charge in [-0.1, -0.05) is 19.9 Å². The summed E-state index contributed by atoms with van der Waals surface area (Å²) >= 11 is 0. The van der Waals surface area contributed by atoms with Crippen LogP contribution in [-0.2, 0) is 11.3 Å². The van der Waals surface area contributed by atoms with E-state index in [0.29, 0.717) is 24.0 Å². The molecule has 1 aromatic carbocycles. The summed E-state index contributed by atoms with van der Waals surface area (Å²) in [6, 6.07) is 5.78. The van der Waals surface area contributed by atoms with Crippen LogP contribution in [0.3, 0.4) is 0 Å². The standard InChI is InChI=1S/C16H26N2O3/c1-5-20-15-8-13(10-18-9-12(2)3)6-7-14(15)21-11-16(19)17-4/h6-8,12,18H,5,9-11H2,1-4H3,(H,17,19). The third-order valence-electron chi connectivity index (χ3n) is 2.83. The lowest BCUT2D eigenvalue weighted by molar-refractivity contribution is -0.122. The molecule has 0 aliphatic heterocycles. The highest BCUT2D eigenvalue weighted by Gasteiger charge is 2.08. The summed E-state index contributed by atoms with van der Waals surface area (Å²) in [5.41, 5.74) is 1.13. The van der Waals surface area contributed by atoms with E-state index in [9.17, 15) is 4.79 Å². The number of rotatable bonds is 9. The van der Waals surface area contributed by atoms with Gasteiger partial charge in [-0.2, -0.15) is 0 Å². The van der Waals surface area contributed by atoms with Gasteiger partial charge >= 0.3 is 0 Å². The van der Waals surface area contributed by atoms with Crippen molar-refractivity contribution in [3.05, 3.63) is 23.8 Å². The van der Waals surface area contributed by atoms with E-state index < -0.39 is 0 Å². The SMILES string of the molecule is CCOc1cc(CNCC(C)C)ccc1OCC(=O)NC. The maximum absolute atomic E-state index is 11.2. The van der Waals surface area contributed by atoms with Gasteiger partial charge in [0.15, 0.2) is 18.1 Å². The molecule has 1 amide bonds. The van der Waals surface area contributed by atoms with Crippen molar-refractivity contribution in [2.75, 3.05) is 26.8 Å². The van der Waals surface area contributed by atoms with Gasteiger partial charge in [-0.05, 0) is 37.1 Å². The molecule has 0 saturated heterocycles. The minimum atomic E-state index is -0.167. The molecule has 1 aromatic rings. The Labute approximate surface area is 127 Å².